The number of nitrogens with zero attached hydrogens (tertiary/aromatic N) is 2. The monoisotopic (exact) mass is 304 g/mol. The van der Waals surface area contributed by atoms with Gasteiger partial charge in [-0.3, -0.25) is 4.79 Å². The van der Waals surface area contributed by atoms with Crippen molar-refractivity contribution in [1.29, 1.82) is 0 Å². The number of hydrogen-bond acceptors (Lipinski definition) is 3. The number of fused-ring (bicyclic) bond motifs is 1. The zero-order valence-corrected chi connectivity index (χ0v) is 12.8. The third-order valence-electron chi connectivity index (χ3n) is 3.62. The van der Waals surface area contributed by atoms with E-state index in [0.717, 1.165) is 10.9 Å². The quantitative estimate of drug-likeness (QED) is 0.760. The summed E-state index contributed by atoms with van der Waals surface area (Å²) in [6, 6.07) is 9.21. The Morgan fingerprint density at radius 3 is 2.67 bits per heavy atom. The molecule has 4 nitrogen and oxygen atoms in total. The zero-order chi connectivity index (χ0) is 15.0. The van der Waals surface area contributed by atoms with Gasteiger partial charge < -0.3 is 9.64 Å². The molecule has 3 rings (SSSR count). The summed E-state index contributed by atoms with van der Waals surface area (Å²) in [6.45, 7) is 5.15. The molecule has 1 saturated heterocycles. The number of hydrogen-bond donors (Lipinski definition) is 0. The van der Waals surface area contributed by atoms with Gasteiger partial charge in [0.2, 0.25) is 0 Å². The van der Waals surface area contributed by atoms with Crippen LogP contribution >= 0.6 is 11.6 Å². The van der Waals surface area contributed by atoms with Crippen LogP contribution in [0.3, 0.4) is 0 Å². The number of amides is 1. The number of para-hydroxylation sites is 1. The van der Waals surface area contributed by atoms with Gasteiger partial charge in [0.05, 0.1) is 23.3 Å². The van der Waals surface area contributed by atoms with Crippen molar-refractivity contribution < 1.29 is 9.53 Å². The lowest BCUT2D eigenvalue weighted by Crippen LogP contribution is -2.48. The summed E-state index contributed by atoms with van der Waals surface area (Å²) in [7, 11) is 0. The van der Waals surface area contributed by atoms with Crippen molar-refractivity contribution in [1.82, 2.24) is 9.88 Å². The van der Waals surface area contributed by atoms with Crippen molar-refractivity contribution in [2.75, 3.05) is 13.1 Å². The normalized spacial score (nSPS) is 22.5. The van der Waals surface area contributed by atoms with E-state index in [-0.39, 0.29) is 18.1 Å². The molecule has 0 bridgehead atoms. The molecule has 0 N–H and O–H groups in total. The third-order valence-corrected chi connectivity index (χ3v) is 3.82. The van der Waals surface area contributed by atoms with Crippen molar-refractivity contribution >= 4 is 28.4 Å². The first-order valence-corrected chi connectivity index (χ1v) is 7.42. The van der Waals surface area contributed by atoms with Crippen LogP contribution in [0.25, 0.3) is 10.9 Å². The molecule has 1 amide bonds. The maximum Gasteiger partial charge on any atom is 0.254 e. The van der Waals surface area contributed by atoms with Crippen LogP contribution in [0.5, 0.6) is 0 Å². The van der Waals surface area contributed by atoms with E-state index in [9.17, 15) is 4.79 Å². The van der Waals surface area contributed by atoms with Crippen LogP contribution in [0.1, 0.15) is 24.2 Å². The Hall–Kier alpha value is -1.65. The summed E-state index contributed by atoms with van der Waals surface area (Å²) in [6.07, 6.45) is 0.0857. The standard InChI is InChI=1S/C16H17ClN2O2/c1-10-8-19(9-11(2)21-10)16(20)13-7-15(17)18-14-6-4-3-5-12(13)14/h3-7,10-11H,8-9H2,1-2H3/t10-,11+. The fourth-order valence-corrected chi connectivity index (χ4v) is 3.03. The Morgan fingerprint density at radius 1 is 1.29 bits per heavy atom. The molecule has 0 saturated carbocycles. The molecule has 0 unspecified atom stereocenters. The molecule has 2 atom stereocenters. The average Bonchev–Trinajstić information content (AvgIpc) is 2.44. The first-order chi connectivity index (χ1) is 10.0. The van der Waals surface area contributed by atoms with Gasteiger partial charge in [-0.25, -0.2) is 4.98 Å². The van der Waals surface area contributed by atoms with Crippen molar-refractivity contribution in [3.8, 4) is 0 Å². The smallest absolute Gasteiger partial charge is 0.254 e. The highest BCUT2D eigenvalue weighted by Gasteiger charge is 2.27. The summed E-state index contributed by atoms with van der Waals surface area (Å²) in [4.78, 5) is 18.9. The van der Waals surface area contributed by atoms with E-state index < -0.39 is 0 Å². The number of carbonyl (C=O) groups is 1. The fraction of sp³-hybridized carbons (Fsp3) is 0.375. The Kier molecular flexibility index (Phi) is 3.83. The van der Waals surface area contributed by atoms with E-state index in [1.165, 1.54) is 0 Å². The highest BCUT2D eigenvalue weighted by Crippen LogP contribution is 2.23. The lowest BCUT2D eigenvalue weighted by Gasteiger charge is -2.35. The van der Waals surface area contributed by atoms with E-state index in [4.69, 9.17) is 16.3 Å². The van der Waals surface area contributed by atoms with Crippen molar-refractivity contribution in [2.24, 2.45) is 0 Å². The van der Waals surface area contributed by atoms with Gasteiger partial charge >= 0.3 is 0 Å². The molecule has 110 valence electrons. The number of rotatable bonds is 1. The minimum absolute atomic E-state index is 0.0162. The van der Waals surface area contributed by atoms with Crippen molar-refractivity contribution in [3.05, 3.63) is 41.0 Å². The van der Waals surface area contributed by atoms with Gasteiger partial charge in [0, 0.05) is 18.5 Å². The number of carbonyl (C=O) groups excluding carboxylic acids is 1. The maximum atomic E-state index is 12.8. The number of benzene rings is 1. The summed E-state index contributed by atoms with van der Waals surface area (Å²) < 4.78 is 5.68. The molecule has 5 heteroatoms. The van der Waals surface area contributed by atoms with Crippen LogP contribution in [-0.4, -0.2) is 41.1 Å². The summed E-state index contributed by atoms with van der Waals surface area (Å²) >= 11 is 6.06. The van der Waals surface area contributed by atoms with Gasteiger partial charge in [0.15, 0.2) is 0 Å². The van der Waals surface area contributed by atoms with E-state index >= 15 is 0 Å². The summed E-state index contributed by atoms with van der Waals surface area (Å²) in [5.74, 6) is -0.0162. The molecule has 0 aliphatic carbocycles. The fourth-order valence-electron chi connectivity index (χ4n) is 2.83. The molecule has 0 radical (unpaired) electrons. The Balaban J connectivity index is 2.01. The van der Waals surface area contributed by atoms with E-state index in [2.05, 4.69) is 4.98 Å². The predicted octanol–water partition coefficient (Wildman–Crippen LogP) is 3.14. The first kappa shape index (κ1) is 14.3. The van der Waals surface area contributed by atoms with Crippen LogP contribution in [0.15, 0.2) is 30.3 Å². The summed E-state index contributed by atoms with van der Waals surface area (Å²) in [5, 5.41) is 1.17. The molecule has 1 aromatic heterocycles. The van der Waals surface area contributed by atoms with Crippen LogP contribution in [0, 0.1) is 0 Å². The average molecular weight is 305 g/mol. The summed E-state index contributed by atoms with van der Waals surface area (Å²) in [5.41, 5.74) is 1.34. The van der Waals surface area contributed by atoms with Crippen LogP contribution in [0.2, 0.25) is 5.15 Å². The van der Waals surface area contributed by atoms with E-state index in [1.807, 2.05) is 43.0 Å². The van der Waals surface area contributed by atoms with Crippen molar-refractivity contribution in [3.63, 3.8) is 0 Å². The molecular formula is C16H17ClN2O2. The van der Waals surface area contributed by atoms with Gasteiger partial charge in [-0.2, -0.15) is 0 Å². The third kappa shape index (κ3) is 2.87. The zero-order valence-electron chi connectivity index (χ0n) is 12.0. The highest BCUT2D eigenvalue weighted by atomic mass is 35.5. The minimum atomic E-state index is -0.0162. The second-order valence-corrected chi connectivity index (χ2v) is 5.86. The Labute approximate surface area is 128 Å². The maximum absolute atomic E-state index is 12.8. The highest BCUT2D eigenvalue weighted by molar-refractivity contribution is 6.30. The van der Waals surface area contributed by atoms with Gasteiger partial charge in [-0.1, -0.05) is 29.8 Å². The molecule has 21 heavy (non-hydrogen) atoms. The largest absolute Gasteiger partial charge is 0.372 e. The second-order valence-electron chi connectivity index (χ2n) is 5.48. The van der Waals surface area contributed by atoms with E-state index in [1.54, 1.807) is 6.07 Å². The molecule has 1 aliphatic rings. The number of ether oxygens (including phenoxy) is 1. The van der Waals surface area contributed by atoms with Crippen LogP contribution in [0.4, 0.5) is 0 Å². The van der Waals surface area contributed by atoms with E-state index in [0.29, 0.717) is 23.8 Å². The molecule has 1 aliphatic heterocycles. The molecule has 2 heterocycles. The number of aromatic nitrogens is 1. The lowest BCUT2D eigenvalue weighted by atomic mass is 10.1. The Morgan fingerprint density at radius 2 is 1.95 bits per heavy atom. The SMILES string of the molecule is C[C@@H]1CN(C(=O)c2cc(Cl)nc3ccccc23)C[C@H](C)O1. The minimum Gasteiger partial charge on any atom is -0.372 e. The van der Waals surface area contributed by atoms with Gasteiger partial charge in [-0.05, 0) is 26.0 Å². The Bertz CT molecular complexity index is 679. The lowest BCUT2D eigenvalue weighted by molar-refractivity contribution is -0.0585. The van der Waals surface area contributed by atoms with Crippen molar-refractivity contribution in [2.45, 2.75) is 26.1 Å². The first-order valence-electron chi connectivity index (χ1n) is 7.04. The molecule has 1 fully saturated rings. The van der Waals surface area contributed by atoms with Gasteiger partial charge in [-0.15, -0.1) is 0 Å². The second kappa shape index (κ2) is 5.62. The topological polar surface area (TPSA) is 42.4 Å². The predicted molar refractivity (Wildman–Crippen MR) is 82.7 cm³/mol. The molecule has 1 aromatic carbocycles. The van der Waals surface area contributed by atoms with Gasteiger partial charge in [0.25, 0.3) is 5.91 Å². The molecule has 0 spiro atoms. The number of pyridine rings is 1. The number of halogens is 1. The molecule has 2 aromatic rings. The molecular weight excluding hydrogens is 288 g/mol. The van der Waals surface area contributed by atoms with Gasteiger partial charge in [0.1, 0.15) is 5.15 Å². The number of morpholine rings is 1. The van der Waals surface area contributed by atoms with Crippen LogP contribution < -0.4 is 0 Å². The van der Waals surface area contributed by atoms with Crippen LogP contribution in [-0.2, 0) is 4.74 Å².